The van der Waals surface area contributed by atoms with E-state index in [1.54, 1.807) is 44.2 Å². The summed E-state index contributed by atoms with van der Waals surface area (Å²) in [5.74, 6) is -17.6. The van der Waals surface area contributed by atoms with Gasteiger partial charge < -0.3 is 117 Å². The van der Waals surface area contributed by atoms with Gasteiger partial charge in [-0.25, -0.2) is 4.79 Å². The fourth-order valence-electron chi connectivity index (χ4n) is 10.9. The average Bonchev–Trinajstić information content (AvgIpc) is 1.73. The van der Waals surface area contributed by atoms with E-state index in [1.807, 2.05) is 13.8 Å². The maximum Gasteiger partial charge on any atom is 0.326 e. The Bertz CT molecular complexity index is 3090. The lowest BCUT2D eigenvalue weighted by molar-refractivity contribution is -0.147. The van der Waals surface area contributed by atoms with Crippen LogP contribution in [0.2, 0.25) is 0 Å². The first-order valence-corrected chi connectivity index (χ1v) is 33.6. The van der Waals surface area contributed by atoms with Crippen molar-refractivity contribution in [2.75, 3.05) is 45.2 Å². The van der Waals surface area contributed by atoms with Crippen molar-refractivity contribution in [3.63, 3.8) is 0 Å². The third-order valence-corrected chi connectivity index (χ3v) is 17.0. The van der Waals surface area contributed by atoms with Gasteiger partial charge in [0.25, 0.3) is 0 Å². The quantitative estimate of drug-likeness (QED) is 0.0125. The molecular formula is C62H99N17O21S. The van der Waals surface area contributed by atoms with E-state index in [2.05, 4.69) is 70.8 Å². The Morgan fingerprint density at radius 3 is 1.50 bits per heavy atom. The molecule has 0 saturated carbocycles. The molecule has 24 N–H and O–H groups in total. The number of primary amides is 1. The molecule has 0 aromatic heterocycles. The second-order valence-electron chi connectivity index (χ2n) is 25.0. The third-order valence-electron chi connectivity index (χ3n) is 16.6. The van der Waals surface area contributed by atoms with E-state index in [-0.39, 0.29) is 88.6 Å². The first-order chi connectivity index (χ1) is 47.6. The monoisotopic (exact) mass is 1450 g/mol. The highest BCUT2D eigenvalue weighted by Crippen LogP contribution is 2.24. The largest absolute Gasteiger partial charge is 0.481 e. The normalized spacial score (nSPS) is 18.1. The molecule has 38 nitrogen and oxygen atoms in total. The predicted octanol–water partition coefficient (Wildman–Crippen LogP) is -8.36. The summed E-state index contributed by atoms with van der Waals surface area (Å²) in [6.07, 6.45) is -3.35. The van der Waals surface area contributed by atoms with Crippen molar-refractivity contribution >= 4 is 107 Å². The topological polar surface area (TPSA) is 621 Å². The molecule has 564 valence electrons. The molecule has 0 spiro atoms. The number of thiol groups is 1. The van der Waals surface area contributed by atoms with Crippen molar-refractivity contribution in [2.45, 2.75) is 196 Å². The van der Waals surface area contributed by atoms with Gasteiger partial charge in [-0.05, 0) is 75.7 Å². The molecule has 0 aliphatic carbocycles. The molecule has 13 amide bonds. The van der Waals surface area contributed by atoms with Crippen LogP contribution in [0.4, 0.5) is 0 Å². The van der Waals surface area contributed by atoms with Crippen LogP contribution in [-0.2, 0) is 78.3 Å². The highest BCUT2D eigenvalue weighted by atomic mass is 32.1. The van der Waals surface area contributed by atoms with E-state index in [4.69, 9.17) is 22.9 Å². The summed E-state index contributed by atoms with van der Waals surface area (Å²) in [6, 6.07) is -12.3. The second kappa shape index (κ2) is 42.7. The van der Waals surface area contributed by atoms with E-state index in [1.165, 1.54) is 0 Å². The lowest BCUT2D eigenvalue weighted by atomic mass is 9.96. The fraction of sp³-hybridized carbons (Fsp3) is 0.645. The van der Waals surface area contributed by atoms with Gasteiger partial charge in [0.2, 0.25) is 76.8 Å². The highest BCUT2D eigenvalue weighted by molar-refractivity contribution is 7.80. The first kappa shape index (κ1) is 85.9. The van der Waals surface area contributed by atoms with Gasteiger partial charge in [-0.3, -0.25) is 72.1 Å². The smallest absolute Gasteiger partial charge is 0.326 e. The van der Waals surface area contributed by atoms with Crippen LogP contribution in [0, 0.1) is 11.8 Å². The van der Waals surface area contributed by atoms with Gasteiger partial charge in [-0.1, -0.05) is 64.4 Å². The number of aliphatic imine (C=N–C) groups is 1. The van der Waals surface area contributed by atoms with E-state index < -0.39 is 218 Å². The minimum Gasteiger partial charge on any atom is -0.481 e. The van der Waals surface area contributed by atoms with Gasteiger partial charge in [0.15, 0.2) is 5.96 Å². The molecule has 0 radical (unpaired) electrons. The van der Waals surface area contributed by atoms with Gasteiger partial charge in [-0.15, -0.1) is 0 Å². The molecular weight excluding hydrogens is 1350 g/mol. The standard InChI is InChI=1S/C62H99N17O21S/c1-6-31(4)47(76-55(93)41(28-82)72-50(88)35(18-19-46(85)86)68-53(91)39(26-80)73-51(89)37(24-33-13-8-7-9-14-33)70-56(94)42(29-101)75-49(87)34(63)23-30(2)3)59(97)78-21-12-17-44(78)58(96)77-48(32(5)83)60(98)79-22-11-16-43(79)57(95)74-40(27-81)54(92)71-38(25-45(64)84)52(90)69-36(61(99)100)15-10-20-67-62(65)66/h7-9,13-14,30-32,34-44,47-48,80-83,101H,6,10-12,15-29,63H2,1-5H3,(H2,64,84)(H,68,91)(H,69,90)(H,70,94)(H,71,92)(H,72,88)(H,73,89)(H,74,95)(H,75,87)(H,76,93)(H,77,96)(H,85,86)(H,99,100)(H4,65,66,67)/t31-,32+,34-,35-,36-,37-,38-,39-,40-,41-,42-,43-,44-,47-,48-/m0/s1. The zero-order valence-corrected chi connectivity index (χ0v) is 57.9. The summed E-state index contributed by atoms with van der Waals surface area (Å²) < 4.78 is 0. The number of benzene rings is 1. The van der Waals surface area contributed by atoms with E-state index in [9.17, 15) is 103 Å². The van der Waals surface area contributed by atoms with Crippen molar-refractivity contribution in [3.05, 3.63) is 35.9 Å². The number of carboxylic acids is 2. The Kier molecular flexibility index (Phi) is 36.3. The van der Waals surface area contributed by atoms with Crippen LogP contribution in [0.1, 0.15) is 111 Å². The Morgan fingerprint density at radius 1 is 0.564 bits per heavy atom. The number of rotatable bonds is 43. The number of carbonyl (C=O) groups is 15. The molecule has 15 atom stereocenters. The van der Waals surface area contributed by atoms with Crippen LogP contribution in [0.15, 0.2) is 35.3 Å². The summed E-state index contributed by atoms with van der Waals surface area (Å²) in [5.41, 5.74) is 22.4. The number of nitrogens with one attached hydrogen (secondary N) is 10. The maximum absolute atomic E-state index is 14.6. The zero-order chi connectivity index (χ0) is 76.0. The average molecular weight is 1450 g/mol. The Balaban J connectivity index is 1.78. The molecule has 2 fully saturated rings. The number of nitrogens with zero attached hydrogens (tertiary/aromatic N) is 3. The van der Waals surface area contributed by atoms with Crippen molar-refractivity contribution in [1.82, 2.24) is 63.0 Å². The van der Waals surface area contributed by atoms with Gasteiger partial charge in [-0.2, -0.15) is 12.6 Å². The van der Waals surface area contributed by atoms with Crippen molar-refractivity contribution in [2.24, 2.45) is 39.8 Å². The van der Waals surface area contributed by atoms with Crippen LogP contribution in [0.5, 0.6) is 0 Å². The van der Waals surface area contributed by atoms with Crippen LogP contribution >= 0.6 is 12.6 Å². The number of hydrogen-bond donors (Lipinski definition) is 21. The van der Waals surface area contributed by atoms with Crippen LogP contribution < -0.4 is 76.1 Å². The molecule has 3 rings (SSSR count). The van der Waals surface area contributed by atoms with Gasteiger partial charge >= 0.3 is 11.9 Å². The Morgan fingerprint density at radius 2 is 1.01 bits per heavy atom. The fourth-order valence-corrected chi connectivity index (χ4v) is 11.1. The number of amides is 13. The number of guanidine groups is 1. The second-order valence-corrected chi connectivity index (χ2v) is 25.4. The zero-order valence-electron chi connectivity index (χ0n) is 57.0. The van der Waals surface area contributed by atoms with E-state index in [0.717, 1.165) is 16.7 Å². The number of likely N-dealkylation sites (tertiary alicyclic amines) is 2. The summed E-state index contributed by atoms with van der Waals surface area (Å²) in [5, 5.41) is 84.9. The maximum atomic E-state index is 14.6. The summed E-state index contributed by atoms with van der Waals surface area (Å²) >= 11 is 4.19. The summed E-state index contributed by atoms with van der Waals surface area (Å²) in [7, 11) is 0. The predicted molar refractivity (Wildman–Crippen MR) is 361 cm³/mol. The summed E-state index contributed by atoms with van der Waals surface area (Å²) in [6.45, 7) is 4.52. The number of hydrogen-bond acceptors (Lipinski definition) is 22. The molecule has 0 bridgehead atoms. The first-order valence-electron chi connectivity index (χ1n) is 33.0. The van der Waals surface area contributed by atoms with Crippen molar-refractivity contribution in [3.8, 4) is 0 Å². The Labute approximate surface area is 587 Å². The molecule has 1 aromatic rings. The van der Waals surface area contributed by atoms with E-state index >= 15 is 0 Å². The van der Waals surface area contributed by atoms with Crippen LogP contribution in [0.25, 0.3) is 0 Å². The van der Waals surface area contributed by atoms with Crippen LogP contribution in [0.3, 0.4) is 0 Å². The minimum absolute atomic E-state index is 0.00150. The molecule has 2 aliphatic rings. The van der Waals surface area contributed by atoms with Gasteiger partial charge in [0.05, 0.1) is 38.4 Å². The molecule has 2 heterocycles. The highest BCUT2D eigenvalue weighted by Gasteiger charge is 2.45. The third kappa shape index (κ3) is 27.6. The number of carbonyl (C=O) groups excluding carboxylic acids is 13. The molecule has 2 aliphatic heterocycles. The lowest BCUT2D eigenvalue weighted by Gasteiger charge is -2.34. The number of aliphatic hydroxyl groups excluding tert-OH is 4. The van der Waals surface area contributed by atoms with Gasteiger partial charge in [0.1, 0.15) is 72.5 Å². The number of nitrogens with two attached hydrogens (primary N) is 4. The molecule has 39 heteroatoms. The van der Waals surface area contributed by atoms with Crippen molar-refractivity contribution < 1.29 is 103 Å². The minimum atomic E-state index is -1.91. The molecule has 0 unspecified atom stereocenters. The van der Waals surface area contributed by atoms with E-state index in [0.29, 0.717) is 12.0 Å². The van der Waals surface area contributed by atoms with Crippen LogP contribution in [-0.4, -0.2) is 265 Å². The summed E-state index contributed by atoms with van der Waals surface area (Å²) in [4.78, 5) is 208. The molecule has 101 heavy (non-hydrogen) atoms. The number of aliphatic carboxylic acids is 2. The lowest BCUT2D eigenvalue weighted by Crippen LogP contribution is -2.62. The SMILES string of the molecule is CC[C@H](C)[C@H](NC(=O)[C@H](CO)NC(=O)[C@H](CCC(=O)O)NC(=O)[C@H](CO)NC(=O)[C@H](Cc1ccccc1)NC(=O)[C@H](CS)NC(=O)[C@@H](N)CC(C)C)C(=O)N1CCC[C@H]1C(=O)N[C@H](C(=O)N1CCC[C@H]1C(=O)N[C@@H](CO)C(=O)N[C@@H](CC(N)=O)C(=O)N[C@@H](CCCN=C(N)N)C(=O)O)[C@@H](C)O. The van der Waals surface area contributed by atoms with Crippen molar-refractivity contribution in [1.29, 1.82) is 0 Å². The number of aliphatic hydroxyl groups is 4. The molecule has 2 saturated heterocycles. The number of carboxylic acid groups (broad SMARTS) is 2. The Hall–Kier alpha value is -9.31. The molecule has 1 aromatic carbocycles. The van der Waals surface area contributed by atoms with Gasteiger partial charge in [0, 0.05) is 38.2 Å².